The van der Waals surface area contributed by atoms with E-state index in [1.54, 1.807) is 13.0 Å². The van der Waals surface area contributed by atoms with Crippen molar-refractivity contribution in [2.75, 3.05) is 5.73 Å². The van der Waals surface area contributed by atoms with Gasteiger partial charge in [-0.25, -0.2) is 4.39 Å². The molecule has 0 aliphatic heterocycles. The van der Waals surface area contributed by atoms with Crippen molar-refractivity contribution in [2.45, 2.75) is 11.8 Å². The molecule has 0 aliphatic carbocycles. The molecule has 0 bridgehead atoms. The highest BCUT2D eigenvalue weighted by atomic mass is 32.2. The van der Waals surface area contributed by atoms with E-state index in [4.69, 9.17) is 11.0 Å². The third kappa shape index (κ3) is 1.69. The molecule has 0 fully saturated rings. The summed E-state index contributed by atoms with van der Waals surface area (Å²) in [5, 5.41) is 10.2. The normalized spacial score (nSPS) is 9.42. The van der Waals surface area contributed by atoms with E-state index in [0.29, 0.717) is 4.90 Å². The van der Waals surface area contributed by atoms with Gasteiger partial charge in [0.1, 0.15) is 11.2 Å². The summed E-state index contributed by atoms with van der Waals surface area (Å²) in [6.07, 6.45) is 0. The fourth-order valence-electron chi connectivity index (χ4n) is 0.855. The van der Waals surface area contributed by atoms with E-state index in [0.717, 1.165) is 17.3 Å². The minimum Gasteiger partial charge on any atom is -0.395 e. The summed E-state index contributed by atoms with van der Waals surface area (Å²) in [5.74, 6) is -0.465. The molecule has 0 atom stereocenters. The van der Waals surface area contributed by atoms with Crippen molar-refractivity contribution in [3.63, 3.8) is 0 Å². The number of nitriles is 1. The van der Waals surface area contributed by atoms with E-state index in [1.165, 1.54) is 6.07 Å². The number of rotatable bonds is 1. The Morgan fingerprint density at radius 3 is 2.83 bits per heavy atom. The first-order valence-electron chi connectivity index (χ1n) is 3.26. The molecule has 1 rings (SSSR count). The molecule has 62 valence electrons. The Kier molecular flexibility index (Phi) is 2.56. The fraction of sp³-hybridized carbons (Fsp3) is 0.125. The molecule has 0 amide bonds. The van der Waals surface area contributed by atoms with Gasteiger partial charge in [-0.3, -0.25) is 0 Å². The minimum atomic E-state index is -0.465. The van der Waals surface area contributed by atoms with Gasteiger partial charge < -0.3 is 5.73 Å². The molecule has 1 aromatic rings. The topological polar surface area (TPSA) is 49.8 Å². The van der Waals surface area contributed by atoms with Crippen LogP contribution >= 0.6 is 11.8 Å². The Morgan fingerprint density at radius 1 is 1.58 bits per heavy atom. The van der Waals surface area contributed by atoms with Crippen molar-refractivity contribution >= 4 is 17.4 Å². The SMILES string of the molecule is Cc1cc(F)c(N)c(SC#N)c1. The average Bonchev–Trinajstić information content (AvgIpc) is 2.00. The standard InChI is InChI=1S/C8H7FN2S/c1-5-2-6(9)8(11)7(3-5)12-4-10/h2-3H,11H2,1H3. The second-order valence-electron chi connectivity index (χ2n) is 2.35. The molecule has 0 saturated heterocycles. The van der Waals surface area contributed by atoms with Crippen LogP contribution in [0.3, 0.4) is 0 Å². The minimum absolute atomic E-state index is 0.0483. The molecule has 0 radical (unpaired) electrons. The van der Waals surface area contributed by atoms with Crippen LogP contribution in [-0.4, -0.2) is 0 Å². The molecule has 0 aliphatic rings. The van der Waals surface area contributed by atoms with Gasteiger partial charge in [0.15, 0.2) is 0 Å². The number of aryl methyl sites for hydroxylation is 1. The quantitative estimate of drug-likeness (QED) is 0.412. The predicted octanol–water partition coefficient (Wildman–Crippen LogP) is 2.29. The molecule has 0 spiro atoms. The lowest BCUT2D eigenvalue weighted by atomic mass is 10.2. The predicted molar refractivity (Wildman–Crippen MR) is 47.0 cm³/mol. The van der Waals surface area contributed by atoms with Crippen LogP contribution in [0.25, 0.3) is 0 Å². The van der Waals surface area contributed by atoms with Crippen molar-refractivity contribution in [3.05, 3.63) is 23.5 Å². The number of anilines is 1. The molecule has 2 N–H and O–H groups in total. The van der Waals surface area contributed by atoms with E-state index in [-0.39, 0.29) is 5.69 Å². The van der Waals surface area contributed by atoms with Crippen LogP contribution in [0.15, 0.2) is 17.0 Å². The van der Waals surface area contributed by atoms with Crippen LogP contribution in [0.1, 0.15) is 5.56 Å². The number of benzene rings is 1. The number of thioether (sulfide) groups is 1. The second-order valence-corrected chi connectivity index (χ2v) is 3.18. The highest BCUT2D eigenvalue weighted by Gasteiger charge is 2.05. The first kappa shape index (κ1) is 8.88. The summed E-state index contributed by atoms with van der Waals surface area (Å²) in [6, 6.07) is 3.03. The summed E-state index contributed by atoms with van der Waals surface area (Å²) in [5.41, 5.74) is 6.20. The van der Waals surface area contributed by atoms with Crippen LogP contribution < -0.4 is 5.73 Å². The first-order chi connectivity index (χ1) is 5.65. The Labute approximate surface area is 74.2 Å². The van der Waals surface area contributed by atoms with Gasteiger partial charge >= 0.3 is 0 Å². The molecular weight excluding hydrogens is 175 g/mol. The van der Waals surface area contributed by atoms with Crippen molar-refractivity contribution in [3.8, 4) is 5.40 Å². The van der Waals surface area contributed by atoms with Crippen LogP contribution in [0.4, 0.5) is 10.1 Å². The van der Waals surface area contributed by atoms with E-state index in [1.807, 2.05) is 5.40 Å². The number of nitrogens with two attached hydrogens (primary N) is 1. The second kappa shape index (κ2) is 3.46. The Hall–Kier alpha value is -1.21. The van der Waals surface area contributed by atoms with Gasteiger partial charge in [-0.2, -0.15) is 5.26 Å². The Morgan fingerprint density at radius 2 is 2.25 bits per heavy atom. The monoisotopic (exact) mass is 182 g/mol. The number of halogens is 1. The third-order valence-electron chi connectivity index (χ3n) is 1.39. The highest BCUT2D eigenvalue weighted by molar-refractivity contribution is 8.03. The Balaban J connectivity index is 3.20. The summed E-state index contributed by atoms with van der Waals surface area (Å²) in [6.45, 7) is 1.75. The molecule has 0 heterocycles. The van der Waals surface area contributed by atoms with Crippen molar-refractivity contribution in [2.24, 2.45) is 0 Å². The van der Waals surface area contributed by atoms with Crippen LogP contribution in [0.2, 0.25) is 0 Å². The smallest absolute Gasteiger partial charge is 0.147 e. The zero-order valence-corrected chi connectivity index (χ0v) is 7.28. The van der Waals surface area contributed by atoms with Crippen molar-refractivity contribution < 1.29 is 4.39 Å². The summed E-state index contributed by atoms with van der Waals surface area (Å²) in [7, 11) is 0. The number of nitrogen functional groups attached to an aromatic ring is 1. The molecule has 12 heavy (non-hydrogen) atoms. The molecule has 0 saturated carbocycles. The van der Waals surface area contributed by atoms with Crippen molar-refractivity contribution in [1.29, 1.82) is 5.26 Å². The molecule has 0 unspecified atom stereocenters. The molecule has 1 aromatic carbocycles. The zero-order chi connectivity index (χ0) is 9.14. The van der Waals surface area contributed by atoms with Crippen molar-refractivity contribution in [1.82, 2.24) is 0 Å². The highest BCUT2D eigenvalue weighted by Crippen LogP contribution is 2.27. The fourth-order valence-corrected chi connectivity index (χ4v) is 1.41. The summed E-state index contributed by atoms with van der Waals surface area (Å²) >= 11 is 0.871. The van der Waals surface area contributed by atoms with Gasteiger partial charge in [0, 0.05) is 4.90 Å². The average molecular weight is 182 g/mol. The number of hydrogen-bond donors (Lipinski definition) is 1. The van der Waals surface area contributed by atoms with E-state index in [9.17, 15) is 4.39 Å². The summed E-state index contributed by atoms with van der Waals surface area (Å²) in [4.78, 5) is 0.481. The number of nitrogens with zero attached hydrogens (tertiary/aromatic N) is 1. The Bertz CT molecular complexity index is 344. The molecule has 2 nitrogen and oxygen atoms in total. The van der Waals surface area contributed by atoms with Crippen LogP contribution in [-0.2, 0) is 0 Å². The van der Waals surface area contributed by atoms with Gasteiger partial charge in [-0.15, -0.1) is 0 Å². The first-order valence-corrected chi connectivity index (χ1v) is 4.08. The van der Waals surface area contributed by atoms with Gasteiger partial charge in [-0.05, 0) is 36.4 Å². The lowest BCUT2D eigenvalue weighted by Crippen LogP contribution is -1.93. The van der Waals surface area contributed by atoms with E-state index >= 15 is 0 Å². The van der Waals surface area contributed by atoms with E-state index < -0.39 is 5.82 Å². The van der Waals surface area contributed by atoms with Gasteiger partial charge in [0.25, 0.3) is 0 Å². The lowest BCUT2D eigenvalue weighted by Gasteiger charge is -2.02. The lowest BCUT2D eigenvalue weighted by molar-refractivity contribution is 0.628. The van der Waals surface area contributed by atoms with Gasteiger partial charge in [0.2, 0.25) is 0 Å². The number of hydrogen-bond acceptors (Lipinski definition) is 3. The van der Waals surface area contributed by atoms with Gasteiger partial charge in [0.05, 0.1) is 5.69 Å². The molecular formula is C8H7FN2S. The van der Waals surface area contributed by atoms with Crippen LogP contribution in [0, 0.1) is 23.4 Å². The number of thiocyanates is 1. The van der Waals surface area contributed by atoms with Crippen LogP contribution in [0.5, 0.6) is 0 Å². The maximum Gasteiger partial charge on any atom is 0.147 e. The van der Waals surface area contributed by atoms with Gasteiger partial charge in [-0.1, -0.05) is 0 Å². The van der Waals surface area contributed by atoms with E-state index in [2.05, 4.69) is 0 Å². The maximum absolute atomic E-state index is 12.9. The molecule has 4 heteroatoms. The summed E-state index contributed by atoms with van der Waals surface area (Å²) < 4.78 is 12.9. The largest absolute Gasteiger partial charge is 0.395 e. The maximum atomic E-state index is 12.9. The zero-order valence-electron chi connectivity index (χ0n) is 6.47. The molecule has 0 aromatic heterocycles. The third-order valence-corrected chi connectivity index (χ3v) is 2.04.